The Morgan fingerprint density at radius 2 is 1.92 bits per heavy atom. The molecule has 72 valence electrons. The third kappa shape index (κ3) is 1.97. The molecule has 1 saturated heterocycles. The minimum Gasteiger partial charge on any atom is -0.347 e. The van der Waals surface area contributed by atoms with Gasteiger partial charge in [0.05, 0.1) is 13.2 Å². The van der Waals surface area contributed by atoms with E-state index in [9.17, 15) is 0 Å². The van der Waals surface area contributed by atoms with Gasteiger partial charge in [-0.1, -0.05) is 13.8 Å². The molecule has 0 atom stereocenters. The molecule has 0 aromatic carbocycles. The fourth-order valence-electron chi connectivity index (χ4n) is 1.54. The zero-order chi connectivity index (χ0) is 9.03. The van der Waals surface area contributed by atoms with Crippen LogP contribution >= 0.6 is 0 Å². The summed E-state index contributed by atoms with van der Waals surface area (Å²) in [5.41, 5.74) is 0. The first-order valence-corrected chi connectivity index (χ1v) is 4.64. The van der Waals surface area contributed by atoms with Gasteiger partial charge in [0.2, 0.25) is 0 Å². The van der Waals surface area contributed by atoms with E-state index in [1.807, 2.05) is 7.05 Å². The van der Waals surface area contributed by atoms with Crippen molar-refractivity contribution in [1.82, 2.24) is 5.32 Å². The maximum absolute atomic E-state index is 5.64. The van der Waals surface area contributed by atoms with Crippen molar-refractivity contribution in [2.75, 3.05) is 26.8 Å². The third-order valence-corrected chi connectivity index (χ3v) is 2.38. The standard InChI is InChI=1S/C9H19NO2/c1-8(2)9(4-5-10-3)11-6-7-12-9/h8,10H,4-7H2,1-3H3. The van der Waals surface area contributed by atoms with E-state index in [-0.39, 0.29) is 5.79 Å². The minimum atomic E-state index is -0.316. The smallest absolute Gasteiger partial charge is 0.171 e. The van der Waals surface area contributed by atoms with E-state index in [1.54, 1.807) is 0 Å². The molecule has 1 aliphatic rings. The molecule has 0 aromatic rings. The van der Waals surface area contributed by atoms with Gasteiger partial charge >= 0.3 is 0 Å². The quantitative estimate of drug-likeness (QED) is 0.688. The van der Waals surface area contributed by atoms with Crippen LogP contribution in [0.25, 0.3) is 0 Å². The van der Waals surface area contributed by atoms with Gasteiger partial charge in [-0.25, -0.2) is 0 Å². The molecule has 0 spiro atoms. The molecule has 1 rings (SSSR count). The Morgan fingerprint density at radius 1 is 1.33 bits per heavy atom. The van der Waals surface area contributed by atoms with Crippen LogP contribution in [0.1, 0.15) is 20.3 Å². The predicted molar refractivity (Wildman–Crippen MR) is 48.0 cm³/mol. The van der Waals surface area contributed by atoms with Gasteiger partial charge in [-0.2, -0.15) is 0 Å². The molecule has 3 nitrogen and oxygen atoms in total. The lowest BCUT2D eigenvalue weighted by atomic mass is 9.99. The first-order chi connectivity index (χ1) is 5.71. The summed E-state index contributed by atoms with van der Waals surface area (Å²) in [5, 5.41) is 3.11. The SMILES string of the molecule is CNCCC1(C(C)C)OCCO1. The number of rotatable bonds is 4. The maximum atomic E-state index is 5.64. The summed E-state index contributed by atoms with van der Waals surface area (Å²) in [6, 6.07) is 0. The molecule has 1 fully saturated rings. The zero-order valence-electron chi connectivity index (χ0n) is 8.22. The summed E-state index contributed by atoms with van der Waals surface area (Å²) >= 11 is 0. The summed E-state index contributed by atoms with van der Waals surface area (Å²) in [7, 11) is 1.95. The predicted octanol–water partition coefficient (Wildman–Crippen LogP) is 0.995. The van der Waals surface area contributed by atoms with E-state index < -0.39 is 0 Å². The molecule has 0 aromatic heterocycles. The summed E-state index contributed by atoms with van der Waals surface area (Å²) in [6.45, 7) is 6.70. The van der Waals surface area contributed by atoms with Crippen LogP contribution in [-0.2, 0) is 9.47 Å². The van der Waals surface area contributed by atoms with E-state index in [0.717, 1.165) is 26.2 Å². The molecular weight excluding hydrogens is 154 g/mol. The lowest BCUT2D eigenvalue weighted by molar-refractivity contribution is -0.191. The Balaban J connectivity index is 2.47. The van der Waals surface area contributed by atoms with Gasteiger partial charge in [0.25, 0.3) is 0 Å². The normalized spacial score (nSPS) is 22.0. The molecule has 0 radical (unpaired) electrons. The highest BCUT2D eigenvalue weighted by Crippen LogP contribution is 2.30. The fraction of sp³-hybridized carbons (Fsp3) is 1.00. The van der Waals surface area contributed by atoms with Crippen LogP contribution < -0.4 is 5.32 Å². The van der Waals surface area contributed by atoms with Crippen LogP contribution in [0.15, 0.2) is 0 Å². The number of ether oxygens (including phenoxy) is 2. The highest BCUT2D eigenvalue weighted by molar-refractivity contribution is 4.78. The molecule has 12 heavy (non-hydrogen) atoms. The van der Waals surface area contributed by atoms with Crippen molar-refractivity contribution < 1.29 is 9.47 Å². The number of hydrogen-bond donors (Lipinski definition) is 1. The molecule has 1 N–H and O–H groups in total. The van der Waals surface area contributed by atoms with Crippen LogP contribution in [0, 0.1) is 5.92 Å². The monoisotopic (exact) mass is 173 g/mol. The molecule has 1 aliphatic heterocycles. The Labute approximate surface area is 74.4 Å². The van der Waals surface area contributed by atoms with Gasteiger partial charge in [-0.15, -0.1) is 0 Å². The van der Waals surface area contributed by atoms with Crippen LogP contribution in [-0.4, -0.2) is 32.6 Å². The molecule has 3 heteroatoms. The second kappa shape index (κ2) is 4.21. The average Bonchev–Trinajstić information content (AvgIpc) is 2.50. The Kier molecular flexibility index (Phi) is 3.50. The minimum absolute atomic E-state index is 0.316. The second-order valence-electron chi connectivity index (χ2n) is 3.52. The van der Waals surface area contributed by atoms with Gasteiger partial charge in [-0.05, 0) is 13.6 Å². The van der Waals surface area contributed by atoms with Crippen molar-refractivity contribution >= 4 is 0 Å². The number of nitrogens with one attached hydrogen (secondary N) is 1. The van der Waals surface area contributed by atoms with E-state index in [1.165, 1.54) is 0 Å². The van der Waals surface area contributed by atoms with E-state index in [2.05, 4.69) is 19.2 Å². The summed E-state index contributed by atoms with van der Waals surface area (Å²) < 4.78 is 11.3. The highest BCUT2D eigenvalue weighted by Gasteiger charge is 2.38. The summed E-state index contributed by atoms with van der Waals surface area (Å²) in [5.74, 6) is 0.108. The molecule has 1 heterocycles. The van der Waals surface area contributed by atoms with Crippen LogP contribution in [0.2, 0.25) is 0 Å². The second-order valence-corrected chi connectivity index (χ2v) is 3.52. The van der Waals surface area contributed by atoms with E-state index >= 15 is 0 Å². The van der Waals surface area contributed by atoms with Crippen molar-refractivity contribution in [2.24, 2.45) is 5.92 Å². The van der Waals surface area contributed by atoms with Crippen LogP contribution in [0.5, 0.6) is 0 Å². The number of hydrogen-bond acceptors (Lipinski definition) is 3. The zero-order valence-corrected chi connectivity index (χ0v) is 8.22. The molecule has 0 aliphatic carbocycles. The highest BCUT2D eigenvalue weighted by atomic mass is 16.7. The van der Waals surface area contributed by atoms with Crippen LogP contribution in [0.3, 0.4) is 0 Å². The average molecular weight is 173 g/mol. The molecular formula is C9H19NO2. The fourth-order valence-corrected chi connectivity index (χ4v) is 1.54. The summed E-state index contributed by atoms with van der Waals surface area (Å²) in [4.78, 5) is 0. The Morgan fingerprint density at radius 3 is 2.33 bits per heavy atom. The van der Waals surface area contributed by atoms with Gasteiger partial charge in [0.15, 0.2) is 5.79 Å². The van der Waals surface area contributed by atoms with Crippen LogP contribution in [0.4, 0.5) is 0 Å². The van der Waals surface area contributed by atoms with E-state index in [4.69, 9.17) is 9.47 Å². The Bertz CT molecular complexity index is 130. The Hall–Kier alpha value is -0.120. The third-order valence-electron chi connectivity index (χ3n) is 2.38. The lowest BCUT2D eigenvalue weighted by Gasteiger charge is -2.31. The summed E-state index contributed by atoms with van der Waals surface area (Å²) in [6.07, 6.45) is 0.932. The van der Waals surface area contributed by atoms with E-state index in [0.29, 0.717) is 5.92 Å². The van der Waals surface area contributed by atoms with Gasteiger partial charge < -0.3 is 14.8 Å². The first-order valence-electron chi connectivity index (χ1n) is 4.64. The van der Waals surface area contributed by atoms with Gasteiger partial charge in [-0.3, -0.25) is 0 Å². The first kappa shape index (κ1) is 9.96. The van der Waals surface area contributed by atoms with Crippen molar-refractivity contribution in [3.05, 3.63) is 0 Å². The van der Waals surface area contributed by atoms with Crippen molar-refractivity contribution in [3.63, 3.8) is 0 Å². The van der Waals surface area contributed by atoms with Gasteiger partial charge in [0.1, 0.15) is 0 Å². The molecule has 0 amide bonds. The van der Waals surface area contributed by atoms with Crippen molar-refractivity contribution in [3.8, 4) is 0 Å². The topological polar surface area (TPSA) is 30.5 Å². The van der Waals surface area contributed by atoms with Gasteiger partial charge in [0, 0.05) is 12.3 Å². The van der Waals surface area contributed by atoms with Crippen molar-refractivity contribution in [1.29, 1.82) is 0 Å². The largest absolute Gasteiger partial charge is 0.347 e. The van der Waals surface area contributed by atoms with Crippen molar-refractivity contribution in [2.45, 2.75) is 26.1 Å². The lowest BCUT2D eigenvalue weighted by Crippen LogP contribution is -2.39. The molecule has 0 bridgehead atoms. The molecule has 0 unspecified atom stereocenters. The maximum Gasteiger partial charge on any atom is 0.171 e. The molecule has 0 saturated carbocycles.